The zero-order valence-electron chi connectivity index (χ0n) is 16.6. The van der Waals surface area contributed by atoms with E-state index in [2.05, 4.69) is 20.7 Å². The first-order valence-electron chi connectivity index (χ1n) is 9.17. The van der Waals surface area contributed by atoms with Crippen molar-refractivity contribution in [2.45, 2.75) is 30.3 Å². The van der Waals surface area contributed by atoms with Crippen molar-refractivity contribution in [3.8, 4) is 0 Å². The third-order valence-corrected chi connectivity index (χ3v) is 6.65. The average molecular weight is 462 g/mol. The average Bonchev–Trinajstić information content (AvgIpc) is 3.17. The summed E-state index contributed by atoms with van der Waals surface area (Å²) in [4.78, 5) is 49.0. The fourth-order valence-electron chi connectivity index (χ4n) is 2.98. The predicted octanol–water partition coefficient (Wildman–Crippen LogP) is 2.13. The minimum Gasteiger partial charge on any atom is -0.477 e. The summed E-state index contributed by atoms with van der Waals surface area (Å²) in [5, 5.41) is 23.6. The summed E-state index contributed by atoms with van der Waals surface area (Å²) in [7, 11) is 0. The van der Waals surface area contributed by atoms with Crippen LogP contribution in [0.5, 0.6) is 0 Å². The molecule has 1 aliphatic heterocycles. The number of β-lactam (4-membered cyclic amide) rings is 1. The van der Waals surface area contributed by atoms with Crippen molar-refractivity contribution >= 4 is 40.9 Å². The number of carbonyl (C=O) groups excluding carboxylic acids is 2. The lowest BCUT2D eigenvalue weighted by atomic mass is 10.0. The van der Waals surface area contributed by atoms with Gasteiger partial charge in [0.1, 0.15) is 16.7 Å². The number of carbonyl (C=O) groups is 3. The van der Waals surface area contributed by atoms with Crippen LogP contribution in [0.25, 0.3) is 0 Å². The minimum absolute atomic E-state index is 0.00744. The second-order valence-electron chi connectivity index (χ2n) is 6.74. The Morgan fingerprint density at radius 1 is 1.35 bits per heavy atom. The molecule has 3 rings (SSSR count). The van der Waals surface area contributed by atoms with Gasteiger partial charge in [0, 0.05) is 5.75 Å². The van der Waals surface area contributed by atoms with Crippen LogP contribution in [-0.2, 0) is 14.4 Å². The number of nitroso groups, excluding NO2 is 1. The molecule has 2 atom stereocenters. The number of thioether (sulfide) groups is 1. The van der Waals surface area contributed by atoms with Crippen LogP contribution in [0.4, 0.5) is 0 Å². The van der Waals surface area contributed by atoms with Crippen LogP contribution in [0, 0.1) is 11.8 Å². The monoisotopic (exact) mass is 461 g/mol. The number of likely N-dealkylation sites (tertiary alicyclic amines) is 1. The molecule has 2 aromatic rings. The number of benzene rings is 1. The molecular formula is C19H19N5O5S2. The third-order valence-electron chi connectivity index (χ3n) is 4.51. The summed E-state index contributed by atoms with van der Waals surface area (Å²) in [6.07, 6.45) is 0. The zero-order chi connectivity index (χ0) is 22.5. The van der Waals surface area contributed by atoms with Gasteiger partial charge in [-0.15, -0.1) is 15.1 Å². The first-order chi connectivity index (χ1) is 14.8. The van der Waals surface area contributed by atoms with Crippen molar-refractivity contribution in [3.63, 3.8) is 0 Å². The van der Waals surface area contributed by atoms with Crippen LogP contribution in [0.15, 0.2) is 51.1 Å². The number of nitrogens with zero attached hydrogens (tertiary/aromatic N) is 4. The molecule has 0 bridgehead atoms. The van der Waals surface area contributed by atoms with Crippen molar-refractivity contribution < 1.29 is 19.5 Å². The number of nitrogens with one attached hydrogen (secondary N) is 1. The minimum atomic E-state index is -1.29. The lowest BCUT2D eigenvalue weighted by molar-refractivity contribution is -0.149. The van der Waals surface area contributed by atoms with Gasteiger partial charge in [-0.05, 0) is 25.0 Å². The molecule has 2 unspecified atom stereocenters. The highest BCUT2D eigenvalue weighted by Crippen LogP contribution is 2.28. The number of rotatable bonds is 9. The Balaban J connectivity index is 1.64. The van der Waals surface area contributed by atoms with E-state index < -0.39 is 29.9 Å². The van der Waals surface area contributed by atoms with Crippen LogP contribution >= 0.6 is 23.1 Å². The largest absolute Gasteiger partial charge is 0.477 e. The molecule has 162 valence electrons. The van der Waals surface area contributed by atoms with E-state index in [4.69, 9.17) is 0 Å². The summed E-state index contributed by atoms with van der Waals surface area (Å²) < 4.78 is 0.704. The molecule has 0 saturated carbocycles. The van der Waals surface area contributed by atoms with Crippen molar-refractivity contribution in [2.24, 2.45) is 5.18 Å². The van der Waals surface area contributed by atoms with Crippen LogP contribution in [0.1, 0.15) is 23.5 Å². The van der Waals surface area contributed by atoms with Gasteiger partial charge < -0.3 is 15.3 Å². The van der Waals surface area contributed by atoms with Crippen LogP contribution < -0.4 is 5.32 Å². The number of hydrogen-bond acceptors (Lipinski definition) is 9. The molecule has 0 aliphatic carbocycles. The third kappa shape index (κ3) is 5.14. The van der Waals surface area contributed by atoms with E-state index in [0.717, 1.165) is 9.91 Å². The first-order valence-corrected chi connectivity index (χ1v) is 11.0. The lowest BCUT2D eigenvalue weighted by Gasteiger charge is -2.39. The lowest BCUT2D eigenvalue weighted by Crippen LogP contribution is -2.64. The molecule has 2 N–H and O–H groups in total. The van der Waals surface area contributed by atoms with Gasteiger partial charge in [-0.3, -0.25) is 9.59 Å². The van der Waals surface area contributed by atoms with Crippen LogP contribution in [0.3, 0.4) is 0 Å². The number of carboxylic acids is 1. The van der Waals surface area contributed by atoms with Crippen LogP contribution in [-0.4, -0.2) is 56.3 Å². The van der Waals surface area contributed by atoms with Crippen molar-refractivity contribution in [3.05, 3.63) is 57.1 Å². The molecule has 1 fully saturated rings. The number of hydrogen-bond donors (Lipinski definition) is 2. The van der Waals surface area contributed by atoms with Gasteiger partial charge in [-0.25, -0.2) is 4.79 Å². The normalized spacial score (nSPS) is 17.4. The maximum atomic E-state index is 12.6. The Hall–Kier alpha value is -3.12. The van der Waals surface area contributed by atoms with Gasteiger partial charge in [-0.2, -0.15) is 0 Å². The number of carboxylic acid groups (broad SMARTS) is 1. The van der Waals surface area contributed by atoms with E-state index in [1.807, 2.05) is 6.92 Å². The second-order valence-corrected chi connectivity index (χ2v) is 9.14. The fraction of sp³-hybridized carbons (Fsp3) is 0.316. The van der Waals surface area contributed by atoms with Crippen molar-refractivity contribution in [1.29, 1.82) is 0 Å². The van der Waals surface area contributed by atoms with E-state index in [9.17, 15) is 24.4 Å². The molecule has 12 heteroatoms. The molecule has 1 saturated heterocycles. The molecule has 0 spiro atoms. The number of aliphatic carboxylic acids is 1. The summed E-state index contributed by atoms with van der Waals surface area (Å²) in [6.45, 7) is 3.44. The molecule has 2 heterocycles. The molecule has 2 amide bonds. The Bertz CT molecular complexity index is 1040. The molecule has 31 heavy (non-hydrogen) atoms. The molecule has 1 aromatic heterocycles. The Morgan fingerprint density at radius 2 is 2.06 bits per heavy atom. The summed E-state index contributed by atoms with van der Waals surface area (Å²) in [5.74, 6) is -2.18. The predicted molar refractivity (Wildman–Crippen MR) is 114 cm³/mol. The molecule has 1 aliphatic rings. The van der Waals surface area contributed by atoms with Crippen molar-refractivity contribution in [2.75, 3.05) is 12.3 Å². The fourth-order valence-corrected chi connectivity index (χ4v) is 4.75. The van der Waals surface area contributed by atoms with E-state index in [-0.39, 0.29) is 12.2 Å². The quantitative estimate of drug-likeness (QED) is 0.250. The van der Waals surface area contributed by atoms with Crippen molar-refractivity contribution in [1.82, 2.24) is 20.4 Å². The SMILES string of the molecule is CC(CSc1nnc(C)s1)=C(C(=O)O)N1CC(NC(=O)C(N=O)c2ccccc2)C1=O. The maximum absolute atomic E-state index is 12.6. The van der Waals surface area contributed by atoms with E-state index in [0.29, 0.717) is 21.2 Å². The van der Waals surface area contributed by atoms with Gasteiger partial charge in [0.25, 0.3) is 11.8 Å². The molecule has 1 aromatic carbocycles. The van der Waals surface area contributed by atoms with Gasteiger partial charge in [-0.1, -0.05) is 58.6 Å². The maximum Gasteiger partial charge on any atom is 0.352 e. The highest BCUT2D eigenvalue weighted by atomic mass is 32.2. The topological polar surface area (TPSA) is 142 Å². The standard InChI is InChI=1S/C19H19N5O5S2/c1-10(9-30-19-22-21-11(2)31-19)15(18(27)28)24-8-13(17(24)26)20-16(25)14(23-29)12-6-4-3-5-7-12/h3-7,13-14H,8-9H2,1-2H3,(H,20,25)(H,27,28). The second kappa shape index (κ2) is 9.79. The Labute approximate surface area is 185 Å². The summed E-state index contributed by atoms with van der Waals surface area (Å²) in [6, 6.07) is 6.06. The van der Waals surface area contributed by atoms with Crippen LogP contribution in [0.2, 0.25) is 0 Å². The smallest absolute Gasteiger partial charge is 0.352 e. The van der Waals surface area contributed by atoms with Gasteiger partial charge in [0.2, 0.25) is 0 Å². The molecule has 10 nitrogen and oxygen atoms in total. The summed E-state index contributed by atoms with van der Waals surface area (Å²) >= 11 is 2.73. The van der Waals surface area contributed by atoms with E-state index in [1.54, 1.807) is 37.3 Å². The Kier molecular flexibility index (Phi) is 7.13. The highest BCUT2D eigenvalue weighted by Gasteiger charge is 2.43. The number of aromatic nitrogens is 2. The Morgan fingerprint density at radius 3 is 2.61 bits per heavy atom. The van der Waals surface area contributed by atoms with Gasteiger partial charge >= 0.3 is 5.97 Å². The van der Waals surface area contributed by atoms with Gasteiger partial charge in [0.05, 0.1) is 6.54 Å². The van der Waals surface area contributed by atoms with Gasteiger partial charge in [0.15, 0.2) is 10.4 Å². The zero-order valence-corrected chi connectivity index (χ0v) is 18.3. The molecular weight excluding hydrogens is 442 g/mol. The van der Waals surface area contributed by atoms with E-state index >= 15 is 0 Å². The molecule has 0 radical (unpaired) electrons. The number of amides is 2. The highest BCUT2D eigenvalue weighted by molar-refractivity contribution is 8.01. The number of aryl methyl sites for hydroxylation is 1. The van der Waals surface area contributed by atoms with E-state index in [1.165, 1.54) is 23.1 Å². The first kappa shape index (κ1) is 22.6. The summed E-state index contributed by atoms with van der Waals surface area (Å²) in [5.41, 5.74) is 0.766.